The van der Waals surface area contributed by atoms with Crippen LogP contribution >= 0.6 is 0 Å². The van der Waals surface area contributed by atoms with E-state index in [9.17, 15) is 0 Å². The summed E-state index contributed by atoms with van der Waals surface area (Å²) in [6, 6.07) is 17.1. The predicted molar refractivity (Wildman–Crippen MR) is 83.6 cm³/mol. The lowest BCUT2D eigenvalue weighted by Gasteiger charge is -2.27. The second kappa shape index (κ2) is 5.58. The van der Waals surface area contributed by atoms with Crippen molar-refractivity contribution >= 4 is 5.69 Å². The van der Waals surface area contributed by atoms with Gasteiger partial charge in [0, 0.05) is 18.2 Å². The van der Waals surface area contributed by atoms with E-state index in [-0.39, 0.29) is 6.10 Å². The molecule has 0 aromatic heterocycles. The van der Waals surface area contributed by atoms with Crippen molar-refractivity contribution in [3.63, 3.8) is 0 Å². The van der Waals surface area contributed by atoms with Gasteiger partial charge >= 0.3 is 0 Å². The molecular weight excluding hydrogens is 246 g/mol. The Kier molecular flexibility index (Phi) is 3.64. The van der Waals surface area contributed by atoms with Crippen LogP contribution in [0.1, 0.15) is 37.3 Å². The number of hydrogen-bond acceptors (Lipinski definition) is 2. The van der Waals surface area contributed by atoms with Gasteiger partial charge in [0.05, 0.1) is 6.10 Å². The monoisotopic (exact) mass is 267 g/mol. The van der Waals surface area contributed by atoms with Gasteiger partial charge in [-0.2, -0.15) is 0 Å². The third-order valence-corrected chi connectivity index (χ3v) is 3.72. The van der Waals surface area contributed by atoms with Crippen LogP contribution in [0.3, 0.4) is 0 Å². The van der Waals surface area contributed by atoms with Crippen LogP contribution in [-0.2, 0) is 0 Å². The summed E-state index contributed by atoms with van der Waals surface area (Å²) in [5.74, 6) is 1.43. The van der Waals surface area contributed by atoms with Gasteiger partial charge < -0.3 is 10.1 Å². The molecule has 0 aliphatic carbocycles. The summed E-state index contributed by atoms with van der Waals surface area (Å²) in [5.41, 5.74) is 4.00. The van der Waals surface area contributed by atoms with Crippen molar-refractivity contribution in [1.82, 2.24) is 0 Å². The first-order valence-corrected chi connectivity index (χ1v) is 7.33. The van der Waals surface area contributed by atoms with E-state index >= 15 is 0 Å². The Morgan fingerprint density at radius 2 is 1.95 bits per heavy atom. The largest absolute Gasteiger partial charge is 0.491 e. The van der Waals surface area contributed by atoms with Crippen LogP contribution in [0.25, 0.3) is 0 Å². The van der Waals surface area contributed by atoms with Gasteiger partial charge in [0.25, 0.3) is 0 Å². The maximum absolute atomic E-state index is 5.82. The first kappa shape index (κ1) is 13.0. The molecule has 2 nitrogen and oxygen atoms in total. The van der Waals surface area contributed by atoms with Gasteiger partial charge in [-0.1, -0.05) is 30.3 Å². The molecule has 1 atom stereocenters. The molecule has 2 aromatic carbocycles. The molecule has 3 rings (SSSR count). The molecule has 0 radical (unpaired) electrons. The van der Waals surface area contributed by atoms with Crippen LogP contribution in [0.4, 0.5) is 5.69 Å². The van der Waals surface area contributed by atoms with Gasteiger partial charge in [0.1, 0.15) is 5.75 Å². The minimum absolute atomic E-state index is 0.213. The molecule has 1 unspecified atom stereocenters. The van der Waals surface area contributed by atoms with Crippen LogP contribution in [-0.4, -0.2) is 12.6 Å². The normalized spacial score (nSPS) is 17.4. The first-order valence-electron chi connectivity index (χ1n) is 7.33. The molecule has 0 fully saturated rings. The fraction of sp³-hybridized carbons (Fsp3) is 0.333. The Morgan fingerprint density at radius 3 is 2.80 bits per heavy atom. The Labute approximate surface area is 120 Å². The molecule has 0 amide bonds. The Bertz CT molecular complexity index is 591. The molecule has 0 spiro atoms. The van der Waals surface area contributed by atoms with E-state index < -0.39 is 0 Å². The number of anilines is 1. The summed E-state index contributed by atoms with van der Waals surface area (Å²) in [4.78, 5) is 0. The van der Waals surface area contributed by atoms with Crippen molar-refractivity contribution < 1.29 is 4.74 Å². The van der Waals surface area contributed by atoms with Crippen molar-refractivity contribution in [3.8, 4) is 5.75 Å². The predicted octanol–water partition coefficient (Wildman–Crippen LogP) is 4.42. The number of para-hydroxylation sites is 1. The molecule has 2 heteroatoms. The molecule has 0 saturated heterocycles. The average Bonchev–Trinajstić information content (AvgIpc) is 2.46. The molecule has 2 aromatic rings. The van der Waals surface area contributed by atoms with E-state index in [4.69, 9.17) is 4.74 Å². The van der Waals surface area contributed by atoms with Crippen LogP contribution in [0.5, 0.6) is 5.75 Å². The summed E-state index contributed by atoms with van der Waals surface area (Å²) in [7, 11) is 0. The number of benzene rings is 2. The van der Waals surface area contributed by atoms with Crippen LogP contribution in [0.2, 0.25) is 0 Å². The summed E-state index contributed by atoms with van der Waals surface area (Å²) < 4.78 is 5.82. The molecule has 104 valence electrons. The van der Waals surface area contributed by atoms with Gasteiger partial charge in [0.15, 0.2) is 0 Å². The van der Waals surface area contributed by atoms with Gasteiger partial charge in [-0.05, 0) is 49.6 Å². The molecule has 0 bridgehead atoms. The van der Waals surface area contributed by atoms with Crippen molar-refractivity contribution in [1.29, 1.82) is 0 Å². The molecule has 1 N–H and O–H groups in total. The van der Waals surface area contributed by atoms with E-state index in [0.717, 1.165) is 18.7 Å². The molecule has 1 aliphatic heterocycles. The van der Waals surface area contributed by atoms with Crippen molar-refractivity contribution in [2.75, 3.05) is 11.9 Å². The van der Waals surface area contributed by atoms with E-state index in [1.807, 2.05) is 6.07 Å². The second-order valence-electron chi connectivity index (χ2n) is 5.59. The quantitative estimate of drug-likeness (QED) is 0.888. The molecule has 1 aliphatic rings. The van der Waals surface area contributed by atoms with Gasteiger partial charge in [-0.15, -0.1) is 0 Å². The third-order valence-electron chi connectivity index (χ3n) is 3.72. The van der Waals surface area contributed by atoms with E-state index in [2.05, 4.69) is 61.6 Å². The maximum Gasteiger partial charge on any atom is 0.119 e. The van der Waals surface area contributed by atoms with Crippen molar-refractivity contribution in [3.05, 3.63) is 59.7 Å². The highest BCUT2D eigenvalue weighted by Crippen LogP contribution is 2.37. The molecule has 0 saturated carbocycles. The number of hydrogen-bond donors (Lipinski definition) is 1. The smallest absolute Gasteiger partial charge is 0.119 e. The van der Waals surface area contributed by atoms with Crippen LogP contribution < -0.4 is 10.1 Å². The van der Waals surface area contributed by atoms with E-state index in [1.165, 1.54) is 16.8 Å². The fourth-order valence-corrected chi connectivity index (χ4v) is 2.89. The SMILES string of the molecule is CC(C)Oc1cccc(C2CCNc3ccccc32)c1. The second-order valence-corrected chi connectivity index (χ2v) is 5.59. The zero-order chi connectivity index (χ0) is 13.9. The van der Waals surface area contributed by atoms with Gasteiger partial charge in [-0.25, -0.2) is 0 Å². The highest BCUT2D eigenvalue weighted by molar-refractivity contribution is 5.57. The first-order chi connectivity index (χ1) is 9.74. The van der Waals surface area contributed by atoms with E-state index in [1.54, 1.807) is 0 Å². The minimum Gasteiger partial charge on any atom is -0.491 e. The molecule has 1 heterocycles. The minimum atomic E-state index is 0.213. The van der Waals surface area contributed by atoms with E-state index in [0.29, 0.717) is 5.92 Å². The summed E-state index contributed by atoms with van der Waals surface area (Å²) in [6.07, 6.45) is 1.34. The zero-order valence-corrected chi connectivity index (χ0v) is 12.1. The van der Waals surface area contributed by atoms with Crippen LogP contribution in [0, 0.1) is 0 Å². The number of ether oxygens (including phenoxy) is 1. The highest BCUT2D eigenvalue weighted by atomic mass is 16.5. The standard InChI is InChI=1S/C18H21NO/c1-13(2)20-15-7-5-6-14(12-15)16-10-11-19-18-9-4-3-8-17(16)18/h3-9,12-13,16,19H,10-11H2,1-2H3. The number of fused-ring (bicyclic) bond motifs is 1. The lowest BCUT2D eigenvalue weighted by Crippen LogP contribution is -2.17. The van der Waals surface area contributed by atoms with Crippen molar-refractivity contribution in [2.45, 2.75) is 32.3 Å². The summed E-state index contributed by atoms with van der Waals surface area (Å²) in [5, 5.41) is 3.48. The van der Waals surface area contributed by atoms with Gasteiger partial charge in [-0.3, -0.25) is 0 Å². The third kappa shape index (κ3) is 2.64. The highest BCUT2D eigenvalue weighted by Gasteiger charge is 2.21. The maximum atomic E-state index is 5.82. The molecular formula is C18H21NO. The summed E-state index contributed by atoms with van der Waals surface area (Å²) >= 11 is 0. The van der Waals surface area contributed by atoms with Crippen molar-refractivity contribution in [2.24, 2.45) is 0 Å². The lowest BCUT2D eigenvalue weighted by molar-refractivity contribution is 0.242. The average molecular weight is 267 g/mol. The van der Waals surface area contributed by atoms with Crippen LogP contribution in [0.15, 0.2) is 48.5 Å². The molecule has 20 heavy (non-hydrogen) atoms. The Hall–Kier alpha value is -1.96. The Balaban J connectivity index is 1.94. The van der Waals surface area contributed by atoms with Gasteiger partial charge in [0.2, 0.25) is 0 Å². The topological polar surface area (TPSA) is 21.3 Å². The Morgan fingerprint density at radius 1 is 1.10 bits per heavy atom. The number of nitrogens with one attached hydrogen (secondary N) is 1. The number of rotatable bonds is 3. The fourth-order valence-electron chi connectivity index (χ4n) is 2.89. The summed E-state index contributed by atoms with van der Waals surface area (Å²) in [6.45, 7) is 5.15. The lowest BCUT2D eigenvalue weighted by atomic mass is 9.85. The zero-order valence-electron chi connectivity index (χ0n) is 12.1.